The van der Waals surface area contributed by atoms with Gasteiger partial charge in [-0.05, 0) is 29.8 Å². The maximum absolute atomic E-state index is 12.8. The molecule has 2 rings (SSSR count). The SMILES string of the molecule is Cc1c(NC(=O)Cn2nc(C(F)(F)F)c(Br)c2C)cnn1C. The summed E-state index contributed by atoms with van der Waals surface area (Å²) in [5.41, 5.74) is 0.427. The summed E-state index contributed by atoms with van der Waals surface area (Å²) in [7, 11) is 1.72. The number of rotatable bonds is 3. The summed E-state index contributed by atoms with van der Waals surface area (Å²) in [5.74, 6) is -0.483. The lowest BCUT2D eigenvalue weighted by atomic mass is 10.3. The molecule has 0 saturated carbocycles. The second kappa shape index (κ2) is 5.75. The standard InChI is InChI=1S/C12H13BrF3N5O/c1-6-8(4-17-20(6)3)18-9(22)5-21-7(2)10(13)11(19-21)12(14,15)16/h4H,5H2,1-3H3,(H,18,22). The quantitative estimate of drug-likeness (QED) is 0.891. The van der Waals surface area contributed by atoms with Crippen molar-refractivity contribution in [2.24, 2.45) is 7.05 Å². The highest BCUT2D eigenvalue weighted by molar-refractivity contribution is 9.10. The third-order valence-electron chi connectivity index (χ3n) is 3.20. The number of halogens is 4. The number of nitrogens with one attached hydrogen (secondary N) is 1. The van der Waals surface area contributed by atoms with Crippen LogP contribution in [0, 0.1) is 13.8 Å². The average Bonchev–Trinajstić information content (AvgIpc) is 2.86. The van der Waals surface area contributed by atoms with Crippen LogP contribution in [0.1, 0.15) is 17.1 Å². The summed E-state index contributed by atoms with van der Waals surface area (Å²) >= 11 is 2.86. The predicted octanol–water partition coefficient (Wildman–Crippen LogP) is 2.65. The van der Waals surface area contributed by atoms with E-state index < -0.39 is 17.8 Å². The predicted molar refractivity (Wildman–Crippen MR) is 76.2 cm³/mol. The zero-order chi connectivity index (χ0) is 16.7. The molecule has 0 spiro atoms. The molecular formula is C12H13BrF3N5O. The van der Waals surface area contributed by atoms with Gasteiger partial charge in [0.25, 0.3) is 0 Å². The molecule has 0 aliphatic heterocycles. The largest absolute Gasteiger partial charge is 0.436 e. The lowest BCUT2D eigenvalue weighted by molar-refractivity contribution is -0.142. The second-order valence-corrected chi connectivity index (χ2v) is 5.51. The highest BCUT2D eigenvalue weighted by Gasteiger charge is 2.38. The Bertz CT molecular complexity index is 719. The van der Waals surface area contributed by atoms with E-state index in [0.29, 0.717) is 5.69 Å². The summed E-state index contributed by atoms with van der Waals surface area (Å²) in [6.45, 7) is 2.89. The molecule has 0 radical (unpaired) electrons. The van der Waals surface area contributed by atoms with Crippen LogP contribution in [0.2, 0.25) is 0 Å². The summed E-state index contributed by atoms with van der Waals surface area (Å²) < 4.78 is 40.7. The third-order valence-corrected chi connectivity index (χ3v) is 4.15. The Balaban J connectivity index is 2.17. The van der Waals surface area contributed by atoms with E-state index in [-0.39, 0.29) is 16.7 Å². The fourth-order valence-corrected chi connectivity index (χ4v) is 2.32. The Labute approximate surface area is 132 Å². The van der Waals surface area contributed by atoms with Crippen molar-refractivity contribution in [2.45, 2.75) is 26.6 Å². The van der Waals surface area contributed by atoms with E-state index >= 15 is 0 Å². The lowest BCUT2D eigenvalue weighted by Crippen LogP contribution is -2.21. The molecule has 0 aliphatic carbocycles. The number of aromatic nitrogens is 4. The van der Waals surface area contributed by atoms with Crippen molar-refractivity contribution in [3.63, 3.8) is 0 Å². The van der Waals surface area contributed by atoms with Crippen LogP contribution in [-0.2, 0) is 24.6 Å². The number of anilines is 1. The zero-order valence-electron chi connectivity index (χ0n) is 12.0. The fourth-order valence-electron chi connectivity index (χ4n) is 1.81. The molecule has 0 atom stereocenters. The minimum atomic E-state index is -4.58. The first kappa shape index (κ1) is 16.5. The normalized spacial score (nSPS) is 11.8. The molecule has 1 N–H and O–H groups in total. The Morgan fingerprint density at radius 2 is 2.00 bits per heavy atom. The van der Waals surface area contributed by atoms with E-state index in [0.717, 1.165) is 10.4 Å². The average molecular weight is 380 g/mol. The number of hydrogen-bond acceptors (Lipinski definition) is 3. The summed E-state index contributed by atoms with van der Waals surface area (Å²) in [4.78, 5) is 12.0. The molecule has 0 fully saturated rings. The van der Waals surface area contributed by atoms with Crippen LogP contribution >= 0.6 is 15.9 Å². The molecule has 0 aromatic carbocycles. The van der Waals surface area contributed by atoms with E-state index in [2.05, 4.69) is 31.4 Å². The van der Waals surface area contributed by atoms with E-state index in [4.69, 9.17) is 0 Å². The van der Waals surface area contributed by atoms with E-state index in [1.165, 1.54) is 13.1 Å². The molecule has 0 unspecified atom stereocenters. The van der Waals surface area contributed by atoms with E-state index in [9.17, 15) is 18.0 Å². The van der Waals surface area contributed by atoms with Crippen molar-refractivity contribution in [2.75, 3.05) is 5.32 Å². The van der Waals surface area contributed by atoms with E-state index in [1.807, 2.05) is 0 Å². The molecular weight excluding hydrogens is 367 g/mol. The fraction of sp³-hybridized carbons (Fsp3) is 0.417. The molecule has 0 bridgehead atoms. The lowest BCUT2D eigenvalue weighted by Gasteiger charge is -2.06. The van der Waals surface area contributed by atoms with Crippen molar-refractivity contribution < 1.29 is 18.0 Å². The number of aryl methyl sites for hydroxylation is 1. The van der Waals surface area contributed by atoms with Crippen LogP contribution in [0.25, 0.3) is 0 Å². The number of carbonyl (C=O) groups is 1. The molecule has 6 nitrogen and oxygen atoms in total. The summed E-state index contributed by atoms with van der Waals surface area (Å²) in [6, 6.07) is 0. The number of nitrogens with zero attached hydrogens (tertiary/aromatic N) is 4. The number of alkyl halides is 3. The van der Waals surface area contributed by atoms with Gasteiger partial charge in [-0.2, -0.15) is 23.4 Å². The first-order chi connectivity index (χ1) is 10.1. The van der Waals surface area contributed by atoms with Gasteiger partial charge >= 0.3 is 6.18 Å². The van der Waals surface area contributed by atoms with Gasteiger partial charge in [-0.3, -0.25) is 14.2 Å². The van der Waals surface area contributed by atoms with Crippen molar-refractivity contribution in [1.82, 2.24) is 19.6 Å². The van der Waals surface area contributed by atoms with Crippen LogP contribution in [0.5, 0.6) is 0 Å². The smallest absolute Gasteiger partial charge is 0.322 e. The molecule has 2 heterocycles. The minimum absolute atomic E-state index is 0.162. The molecule has 2 aromatic heterocycles. The van der Waals surface area contributed by atoms with Crippen LogP contribution < -0.4 is 5.32 Å². The van der Waals surface area contributed by atoms with Gasteiger partial charge in [0, 0.05) is 7.05 Å². The molecule has 120 valence electrons. The zero-order valence-corrected chi connectivity index (χ0v) is 13.6. The third kappa shape index (κ3) is 3.16. The highest BCUT2D eigenvalue weighted by Crippen LogP contribution is 2.35. The van der Waals surface area contributed by atoms with Crippen LogP contribution in [0.3, 0.4) is 0 Å². The Hall–Kier alpha value is -1.84. The summed E-state index contributed by atoms with van der Waals surface area (Å²) in [5, 5.41) is 10.0. The van der Waals surface area contributed by atoms with Crippen molar-refractivity contribution in [1.29, 1.82) is 0 Å². The van der Waals surface area contributed by atoms with Crippen molar-refractivity contribution >= 4 is 27.5 Å². The van der Waals surface area contributed by atoms with Gasteiger partial charge in [0.15, 0.2) is 5.69 Å². The second-order valence-electron chi connectivity index (χ2n) is 4.72. The Morgan fingerprint density at radius 1 is 1.36 bits per heavy atom. The van der Waals surface area contributed by atoms with Crippen molar-refractivity contribution in [3.8, 4) is 0 Å². The summed E-state index contributed by atoms with van der Waals surface area (Å²) in [6.07, 6.45) is -3.11. The van der Waals surface area contributed by atoms with Crippen molar-refractivity contribution in [3.05, 3.63) is 27.8 Å². The Morgan fingerprint density at radius 3 is 2.45 bits per heavy atom. The maximum atomic E-state index is 12.8. The van der Waals surface area contributed by atoms with Gasteiger partial charge in [-0.25, -0.2) is 0 Å². The van der Waals surface area contributed by atoms with Crippen LogP contribution in [-0.4, -0.2) is 25.5 Å². The van der Waals surface area contributed by atoms with Gasteiger partial charge < -0.3 is 5.32 Å². The van der Waals surface area contributed by atoms with Gasteiger partial charge in [0.2, 0.25) is 5.91 Å². The van der Waals surface area contributed by atoms with Gasteiger partial charge in [0.1, 0.15) is 6.54 Å². The van der Waals surface area contributed by atoms with Gasteiger partial charge in [-0.15, -0.1) is 0 Å². The minimum Gasteiger partial charge on any atom is -0.322 e. The monoisotopic (exact) mass is 379 g/mol. The number of carbonyl (C=O) groups excluding carboxylic acids is 1. The first-order valence-corrected chi connectivity index (χ1v) is 6.99. The molecule has 2 aromatic rings. The Kier molecular flexibility index (Phi) is 4.32. The molecule has 10 heteroatoms. The van der Waals surface area contributed by atoms with Crippen LogP contribution in [0.4, 0.5) is 18.9 Å². The van der Waals surface area contributed by atoms with E-state index in [1.54, 1.807) is 18.7 Å². The highest BCUT2D eigenvalue weighted by atomic mass is 79.9. The molecule has 22 heavy (non-hydrogen) atoms. The maximum Gasteiger partial charge on any atom is 0.436 e. The number of hydrogen-bond donors (Lipinski definition) is 1. The number of amides is 1. The topological polar surface area (TPSA) is 64.7 Å². The molecule has 0 saturated heterocycles. The van der Waals surface area contributed by atoms with Gasteiger partial charge in [-0.1, -0.05) is 0 Å². The molecule has 1 amide bonds. The van der Waals surface area contributed by atoms with Gasteiger partial charge in [0.05, 0.1) is 27.7 Å². The van der Waals surface area contributed by atoms with Crippen LogP contribution in [0.15, 0.2) is 10.7 Å². The molecule has 0 aliphatic rings. The first-order valence-electron chi connectivity index (χ1n) is 6.19.